The van der Waals surface area contributed by atoms with Crippen LogP contribution in [0, 0.1) is 6.92 Å². The lowest BCUT2D eigenvalue weighted by molar-refractivity contribution is -0.130. The number of carbonyl (C=O) groups excluding carboxylic acids is 1. The van der Waals surface area contributed by atoms with Gasteiger partial charge in [-0.15, -0.1) is 0 Å². The van der Waals surface area contributed by atoms with Crippen molar-refractivity contribution in [2.75, 3.05) is 13.7 Å². The number of methoxy groups -OCH3 is 1. The number of aromatic nitrogens is 2. The van der Waals surface area contributed by atoms with Gasteiger partial charge in [0, 0.05) is 18.5 Å². The number of hydrogen-bond donors (Lipinski definition) is 0. The van der Waals surface area contributed by atoms with Crippen molar-refractivity contribution in [2.24, 2.45) is 0 Å². The highest BCUT2D eigenvalue weighted by Gasteiger charge is 2.36. The summed E-state index contributed by atoms with van der Waals surface area (Å²) in [4.78, 5) is 19.0. The standard InChI is InChI=1S/C24H27N3O4/c1-4-12-30-20-10-8-18(14-21(20)29-3)23-25-24(31-26-23)19-9-11-22(28)27(19)15-17-7-5-6-16(2)13-17/h5-8,10,13-14,19H,4,9,11-12,15H2,1-3H3. The van der Waals surface area contributed by atoms with Crippen LogP contribution in [0.25, 0.3) is 11.4 Å². The van der Waals surface area contributed by atoms with E-state index in [1.807, 2.05) is 48.2 Å². The number of nitrogens with zero attached hydrogens (tertiary/aromatic N) is 3. The molecule has 1 fully saturated rings. The molecule has 1 saturated heterocycles. The molecule has 0 saturated carbocycles. The largest absolute Gasteiger partial charge is 0.493 e. The van der Waals surface area contributed by atoms with Crippen molar-refractivity contribution >= 4 is 5.91 Å². The van der Waals surface area contributed by atoms with Crippen LogP contribution in [-0.4, -0.2) is 34.7 Å². The van der Waals surface area contributed by atoms with Crippen LogP contribution in [0.3, 0.4) is 0 Å². The number of aryl methyl sites for hydroxylation is 1. The summed E-state index contributed by atoms with van der Waals surface area (Å²) < 4.78 is 16.8. The number of amides is 1. The third-order valence-corrected chi connectivity index (χ3v) is 5.37. The van der Waals surface area contributed by atoms with E-state index in [0.717, 1.165) is 17.5 Å². The molecule has 0 aliphatic carbocycles. The summed E-state index contributed by atoms with van der Waals surface area (Å²) in [7, 11) is 1.60. The van der Waals surface area contributed by atoms with E-state index in [9.17, 15) is 4.79 Å². The summed E-state index contributed by atoms with van der Waals surface area (Å²) in [6, 6.07) is 13.5. The average molecular weight is 421 g/mol. The first-order valence-corrected chi connectivity index (χ1v) is 10.6. The summed E-state index contributed by atoms with van der Waals surface area (Å²) in [5, 5.41) is 4.16. The highest BCUT2D eigenvalue weighted by molar-refractivity contribution is 5.79. The Bertz CT molecular complexity index is 1060. The van der Waals surface area contributed by atoms with Crippen molar-refractivity contribution in [1.82, 2.24) is 15.0 Å². The third-order valence-electron chi connectivity index (χ3n) is 5.37. The summed E-state index contributed by atoms with van der Waals surface area (Å²) in [6.45, 7) is 5.25. The molecule has 7 heteroatoms. The molecule has 1 atom stereocenters. The molecule has 4 rings (SSSR count). The van der Waals surface area contributed by atoms with Crippen LogP contribution in [0.5, 0.6) is 11.5 Å². The SMILES string of the molecule is CCCOc1ccc(-c2noc(C3CCC(=O)N3Cc3cccc(C)c3)n2)cc1OC. The maximum absolute atomic E-state index is 12.5. The molecule has 1 unspecified atom stereocenters. The Labute approximate surface area is 182 Å². The monoisotopic (exact) mass is 421 g/mol. The van der Waals surface area contributed by atoms with E-state index >= 15 is 0 Å². The maximum Gasteiger partial charge on any atom is 0.249 e. The molecule has 0 spiro atoms. The van der Waals surface area contributed by atoms with Crippen molar-refractivity contribution < 1.29 is 18.8 Å². The summed E-state index contributed by atoms with van der Waals surface area (Å²) in [5.74, 6) is 2.33. The molecule has 2 aromatic carbocycles. The van der Waals surface area contributed by atoms with E-state index in [-0.39, 0.29) is 11.9 Å². The number of rotatable bonds is 8. The van der Waals surface area contributed by atoms with Crippen molar-refractivity contribution in [3.05, 3.63) is 59.5 Å². The van der Waals surface area contributed by atoms with Crippen LogP contribution >= 0.6 is 0 Å². The van der Waals surface area contributed by atoms with Gasteiger partial charge in [0.15, 0.2) is 11.5 Å². The second-order valence-electron chi connectivity index (χ2n) is 7.74. The van der Waals surface area contributed by atoms with Gasteiger partial charge in [-0.3, -0.25) is 4.79 Å². The Kier molecular flexibility index (Phi) is 6.21. The summed E-state index contributed by atoms with van der Waals surface area (Å²) in [6.07, 6.45) is 2.06. The van der Waals surface area contributed by atoms with Crippen molar-refractivity contribution in [2.45, 2.75) is 45.7 Å². The first-order valence-electron chi connectivity index (χ1n) is 10.6. The van der Waals surface area contributed by atoms with E-state index in [1.54, 1.807) is 7.11 Å². The number of likely N-dealkylation sites (tertiary alicyclic amines) is 1. The minimum atomic E-state index is -0.219. The fraction of sp³-hybridized carbons (Fsp3) is 0.375. The second kappa shape index (κ2) is 9.20. The molecule has 1 amide bonds. The van der Waals surface area contributed by atoms with Crippen LogP contribution in [0.1, 0.15) is 49.2 Å². The van der Waals surface area contributed by atoms with Gasteiger partial charge in [0.05, 0.1) is 13.7 Å². The molecule has 162 valence electrons. The molecule has 2 heterocycles. The molecular weight excluding hydrogens is 394 g/mol. The lowest BCUT2D eigenvalue weighted by atomic mass is 10.1. The first-order chi connectivity index (χ1) is 15.1. The van der Waals surface area contributed by atoms with Crippen molar-refractivity contribution in [3.63, 3.8) is 0 Å². The summed E-state index contributed by atoms with van der Waals surface area (Å²) >= 11 is 0. The van der Waals surface area contributed by atoms with E-state index in [2.05, 4.69) is 23.1 Å². The zero-order valence-electron chi connectivity index (χ0n) is 18.1. The Balaban J connectivity index is 1.55. The van der Waals surface area contributed by atoms with Gasteiger partial charge in [0.1, 0.15) is 6.04 Å². The van der Waals surface area contributed by atoms with Gasteiger partial charge in [-0.25, -0.2) is 0 Å². The molecule has 0 radical (unpaired) electrons. The van der Waals surface area contributed by atoms with Crippen LogP contribution < -0.4 is 9.47 Å². The van der Waals surface area contributed by atoms with E-state index in [4.69, 9.17) is 14.0 Å². The van der Waals surface area contributed by atoms with Gasteiger partial charge in [-0.05, 0) is 43.5 Å². The van der Waals surface area contributed by atoms with E-state index in [0.29, 0.717) is 49.2 Å². The van der Waals surface area contributed by atoms with Gasteiger partial charge in [0.25, 0.3) is 0 Å². The average Bonchev–Trinajstić information content (AvgIpc) is 3.39. The molecule has 0 N–H and O–H groups in total. The number of ether oxygens (including phenoxy) is 2. The fourth-order valence-corrected chi connectivity index (χ4v) is 3.82. The normalized spacial score (nSPS) is 16.0. The van der Waals surface area contributed by atoms with E-state index < -0.39 is 0 Å². The zero-order chi connectivity index (χ0) is 21.8. The van der Waals surface area contributed by atoms with Crippen LogP contribution in [-0.2, 0) is 11.3 Å². The zero-order valence-corrected chi connectivity index (χ0v) is 18.1. The molecule has 0 bridgehead atoms. The predicted octanol–water partition coefficient (Wildman–Crippen LogP) is 4.71. The Morgan fingerprint density at radius 2 is 2.06 bits per heavy atom. The van der Waals surface area contributed by atoms with Gasteiger partial charge >= 0.3 is 0 Å². The minimum Gasteiger partial charge on any atom is -0.493 e. The van der Waals surface area contributed by atoms with Gasteiger partial charge in [-0.1, -0.05) is 41.9 Å². The molecule has 1 aliphatic rings. The fourth-order valence-electron chi connectivity index (χ4n) is 3.82. The number of hydrogen-bond acceptors (Lipinski definition) is 6. The molecule has 1 aromatic heterocycles. The second-order valence-corrected chi connectivity index (χ2v) is 7.74. The Morgan fingerprint density at radius 3 is 2.84 bits per heavy atom. The quantitative estimate of drug-likeness (QED) is 0.524. The van der Waals surface area contributed by atoms with Crippen LogP contribution in [0.15, 0.2) is 47.0 Å². The van der Waals surface area contributed by atoms with Crippen LogP contribution in [0.2, 0.25) is 0 Å². The van der Waals surface area contributed by atoms with E-state index in [1.165, 1.54) is 5.56 Å². The Hall–Kier alpha value is -3.35. The van der Waals surface area contributed by atoms with Gasteiger partial charge in [-0.2, -0.15) is 4.98 Å². The molecular formula is C24H27N3O4. The third kappa shape index (κ3) is 4.55. The summed E-state index contributed by atoms with van der Waals surface area (Å²) in [5.41, 5.74) is 3.03. The number of carbonyl (C=O) groups is 1. The highest BCUT2D eigenvalue weighted by atomic mass is 16.5. The molecule has 3 aromatic rings. The molecule has 7 nitrogen and oxygen atoms in total. The van der Waals surface area contributed by atoms with Gasteiger partial charge < -0.3 is 18.9 Å². The minimum absolute atomic E-state index is 0.102. The number of benzene rings is 2. The first kappa shape index (κ1) is 20.9. The smallest absolute Gasteiger partial charge is 0.249 e. The predicted molar refractivity (Wildman–Crippen MR) is 116 cm³/mol. The highest BCUT2D eigenvalue weighted by Crippen LogP contribution is 2.36. The molecule has 1 aliphatic heterocycles. The van der Waals surface area contributed by atoms with Crippen LogP contribution in [0.4, 0.5) is 0 Å². The van der Waals surface area contributed by atoms with Crippen molar-refractivity contribution in [1.29, 1.82) is 0 Å². The maximum atomic E-state index is 12.5. The lowest BCUT2D eigenvalue weighted by Crippen LogP contribution is -2.27. The topological polar surface area (TPSA) is 77.7 Å². The lowest BCUT2D eigenvalue weighted by Gasteiger charge is -2.22. The molecule has 31 heavy (non-hydrogen) atoms. The van der Waals surface area contributed by atoms with Crippen molar-refractivity contribution in [3.8, 4) is 22.9 Å². The van der Waals surface area contributed by atoms with Gasteiger partial charge in [0.2, 0.25) is 17.6 Å². The Morgan fingerprint density at radius 1 is 1.19 bits per heavy atom.